The monoisotopic (exact) mass is 345 g/mol. The zero-order valence-electron chi connectivity index (χ0n) is 13.9. The fraction of sp³-hybridized carbons (Fsp3) is 0.0526. The summed E-state index contributed by atoms with van der Waals surface area (Å²) >= 11 is 0. The predicted octanol–water partition coefficient (Wildman–Crippen LogP) is 3.21. The molecule has 0 bridgehead atoms. The Kier molecular flexibility index (Phi) is 4.03. The van der Waals surface area contributed by atoms with Crippen LogP contribution in [0.4, 0.5) is 5.82 Å². The van der Waals surface area contributed by atoms with Crippen LogP contribution >= 0.6 is 0 Å². The van der Waals surface area contributed by atoms with Gasteiger partial charge in [-0.05, 0) is 30.3 Å². The summed E-state index contributed by atoms with van der Waals surface area (Å²) in [6.45, 7) is 0. The van der Waals surface area contributed by atoms with Crippen molar-refractivity contribution in [3.8, 4) is 22.9 Å². The van der Waals surface area contributed by atoms with E-state index in [9.17, 15) is 4.79 Å². The van der Waals surface area contributed by atoms with Crippen LogP contribution in [0.5, 0.6) is 11.6 Å². The smallest absolute Gasteiger partial charge is 0.255 e. The van der Waals surface area contributed by atoms with Gasteiger partial charge < -0.3 is 15.0 Å². The molecule has 7 heteroatoms. The highest BCUT2D eigenvalue weighted by molar-refractivity contribution is 5.87. The van der Waals surface area contributed by atoms with E-state index in [2.05, 4.69) is 25.3 Å². The average molecular weight is 345 g/mol. The van der Waals surface area contributed by atoms with Crippen molar-refractivity contribution < 1.29 is 4.74 Å². The maximum absolute atomic E-state index is 12.0. The van der Waals surface area contributed by atoms with E-state index in [1.165, 1.54) is 6.33 Å². The summed E-state index contributed by atoms with van der Waals surface area (Å²) in [5.41, 5.74) is 1.25. The number of nitrogens with one attached hydrogen (secondary N) is 2. The van der Waals surface area contributed by atoms with Crippen molar-refractivity contribution in [3.05, 3.63) is 71.5 Å². The molecule has 0 radical (unpaired) electrons. The Balaban J connectivity index is 1.81. The number of anilines is 1. The first-order valence-corrected chi connectivity index (χ1v) is 8.00. The van der Waals surface area contributed by atoms with E-state index >= 15 is 0 Å². The first-order chi connectivity index (χ1) is 12.8. The molecule has 4 aromatic rings. The Morgan fingerprint density at radius 1 is 1.04 bits per heavy atom. The third-order valence-corrected chi connectivity index (χ3v) is 3.95. The van der Waals surface area contributed by atoms with Crippen LogP contribution in [0, 0.1) is 0 Å². The predicted molar refractivity (Wildman–Crippen MR) is 99.5 cm³/mol. The number of ether oxygens (including phenoxy) is 1. The van der Waals surface area contributed by atoms with Crippen molar-refractivity contribution in [1.82, 2.24) is 19.9 Å². The lowest BCUT2D eigenvalue weighted by atomic mass is 10.1. The number of H-pyrrole nitrogens is 1. The molecule has 0 amide bonds. The molecule has 0 fully saturated rings. The highest BCUT2D eigenvalue weighted by atomic mass is 16.5. The fourth-order valence-corrected chi connectivity index (χ4v) is 2.69. The summed E-state index contributed by atoms with van der Waals surface area (Å²) in [7, 11) is 1.79. The van der Waals surface area contributed by atoms with Crippen LogP contribution in [0.15, 0.2) is 66.0 Å². The van der Waals surface area contributed by atoms with Gasteiger partial charge in [-0.25, -0.2) is 15.0 Å². The molecule has 0 saturated carbocycles. The molecule has 0 aliphatic carbocycles. The van der Waals surface area contributed by atoms with Crippen LogP contribution in [-0.2, 0) is 0 Å². The molecule has 4 rings (SSSR count). The fourth-order valence-electron chi connectivity index (χ4n) is 2.69. The molecular formula is C19H15N5O2. The summed E-state index contributed by atoms with van der Waals surface area (Å²) in [6.07, 6.45) is 4.73. The van der Waals surface area contributed by atoms with Crippen molar-refractivity contribution in [3.63, 3.8) is 0 Å². The molecule has 0 aliphatic heterocycles. The second-order valence-electron chi connectivity index (χ2n) is 5.52. The molecular weight excluding hydrogens is 330 g/mol. The topological polar surface area (TPSA) is 92.8 Å². The van der Waals surface area contributed by atoms with Crippen LogP contribution in [0.1, 0.15) is 0 Å². The number of fused-ring (bicyclic) bond motifs is 1. The van der Waals surface area contributed by atoms with E-state index < -0.39 is 0 Å². The van der Waals surface area contributed by atoms with Crippen molar-refractivity contribution in [2.24, 2.45) is 0 Å². The normalized spacial score (nSPS) is 10.7. The standard InChI is InChI=1S/C19H15N5O2/c1-20-17-10-15(23-11-24-17)14-5-3-8-22-19(14)26-16-6-2-4-13-12(16)7-9-21-18(13)25/h2-11H,1H3,(H,21,25)(H,20,23,24). The SMILES string of the molecule is CNc1cc(-c2cccnc2Oc2cccc3c(=O)[nH]ccc23)ncn1. The van der Waals surface area contributed by atoms with E-state index in [1.807, 2.05) is 18.2 Å². The zero-order valence-corrected chi connectivity index (χ0v) is 13.9. The van der Waals surface area contributed by atoms with Crippen molar-refractivity contribution >= 4 is 16.6 Å². The number of hydrogen-bond acceptors (Lipinski definition) is 6. The quantitative estimate of drug-likeness (QED) is 0.590. The molecule has 0 unspecified atom stereocenters. The van der Waals surface area contributed by atoms with E-state index in [0.717, 1.165) is 5.56 Å². The average Bonchev–Trinajstić information content (AvgIpc) is 2.69. The van der Waals surface area contributed by atoms with Gasteiger partial charge in [-0.3, -0.25) is 4.79 Å². The number of benzene rings is 1. The zero-order chi connectivity index (χ0) is 17.9. The second-order valence-corrected chi connectivity index (χ2v) is 5.52. The molecule has 128 valence electrons. The summed E-state index contributed by atoms with van der Waals surface area (Å²) in [5, 5.41) is 4.26. The van der Waals surface area contributed by atoms with Crippen molar-refractivity contribution in [1.29, 1.82) is 0 Å². The van der Waals surface area contributed by atoms with Gasteiger partial charge in [0.2, 0.25) is 5.88 Å². The molecule has 3 aromatic heterocycles. The minimum atomic E-state index is -0.163. The molecule has 7 nitrogen and oxygen atoms in total. The summed E-state index contributed by atoms with van der Waals surface area (Å²) < 4.78 is 6.06. The first kappa shape index (κ1) is 15.8. The molecule has 0 aliphatic rings. The second kappa shape index (κ2) is 6.64. The molecule has 0 atom stereocenters. The van der Waals surface area contributed by atoms with E-state index in [1.54, 1.807) is 43.7 Å². The van der Waals surface area contributed by atoms with Crippen LogP contribution in [0.3, 0.4) is 0 Å². The molecule has 3 heterocycles. The van der Waals surface area contributed by atoms with Gasteiger partial charge in [-0.15, -0.1) is 0 Å². The maximum Gasteiger partial charge on any atom is 0.255 e. The number of nitrogens with zero attached hydrogens (tertiary/aromatic N) is 3. The Hall–Kier alpha value is -3.74. The van der Waals surface area contributed by atoms with Gasteiger partial charge in [0.15, 0.2) is 0 Å². The summed E-state index contributed by atoms with van der Waals surface area (Å²) in [6, 6.07) is 12.7. The Morgan fingerprint density at radius 3 is 2.85 bits per heavy atom. The van der Waals surface area contributed by atoms with Crippen molar-refractivity contribution in [2.45, 2.75) is 0 Å². The van der Waals surface area contributed by atoms with Crippen LogP contribution in [0.2, 0.25) is 0 Å². The van der Waals surface area contributed by atoms with Gasteiger partial charge in [-0.1, -0.05) is 6.07 Å². The van der Waals surface area contributed by atoms with Crippen LogP contribution < -0.4 is 15.6 Å². The van der Waals surface area contributed by atoms with Crippen LogP contribution in [-0.4, -0.2) is 27.0 Å². The molecule has 2 N–H and O–H groups in total. The molecule has 0 saturated heterocycles. The highest BCUT2D eigenvalue weighted by Gasteiger charge is 2.13. The Bertz CT molecular complexity index is 1140. The first-order valence-electron chi connectivity index (χ1n) is 8.00. The van der Waals surface area contributed by atoms with E-state index in [-0.39, 0.29) is 5.56 Å². The summed E-state index contributed by atoms with van der Waals surface area (Å²) in [5.74, 6) is 1.65. The van der Waals surface area contributed by atoms with Gasteiger partial charge in [0.1, 0.15) is 17.9 Å². The van der Waals surface area contributed by atoms with Crippen molar-refractivity contribution in [2.75, 3.05) is 12.4 Å². The van der Waals surface area contributed by atoms with E-state index in [0.29, 0.717) is 33.9 Å². The number of hydrogen-bond donors (Lipinski definition) is 2. The third-order valence-electron chi connectivity index (χ3n) is 3.95. The largest absolute Gasteiger partial charge is 0.438 e. The van der Waals surface area contributed by atoms with Gasteiger partial charge in [0.25, 0.3) is 5.56 Å². The molecule has 1 aromatic carbocycles. The Morgan fingerprint density at radius 2 is 1.96 bits per heavy atom. The Labute approximate surface area is 148 Å². The van der Waals surface area contributed by atoms with Gasteiger partial charge in [0.05, 0.1) is 16.6 Å². The number of pyridine rings is 2. The highest BCUT2D eigenvalue weighted by Crippen LogP contribution is 2.33. The lowest BCUT2D eigenvalue weighted by molar-refractivity contribution is 0.470. The van der Waals surface area contributed by atoms with Crippen LogP contribution in [0.25, 0.3) is 22.0 Å². The number of aromatic amines is 1. The minimum Gasteiger partial charge on any atom is -0.438 e. The van der Waals surface area contributed by atoms with Gasteiger partial charge in [0, 0.05) is 30.9 Å². The number of aromatic nitrogens is 4. The third kappa shape index (κ3) is 2.86. The minimum absolute atomic E-state index is 0.163. The van der Waals surface area contributed by atoms with Gasteiger partial charge >= 0.3 is 0 Å². The molecule has 0 spiro atoms. The molecule has 26 heavy (non-hydrogen) atoms. The maximum atomic E-state index is 12.0. The van der Waals surface area contributed by atoms with Gasteiger partial charge in [-0.2, -0.15) is 0 Å². The lowest BCUT2D eigenvalue weighted by Gasteiger charge is -2.11. The summed E-state index contributed by atoms with van der Waals surface area (Å²) in [4.78, 5) is 27.4. The number of rotatable bonds is 4. The lowest BCUT2D eigenvalue weighted by Crippen LogP contribution is -2.04. The van der Waals surface area contributed by atoms with E-state index in [4.69, 9.17) is 4.74 Å².